The Morgan fingerprint density at radius 1 is 1.31 bits per heavy atom. The number of carbonyl (C=O) groups excluding carboxylic acids is 1. The van der Waals surface area contributed by atoms with E-state index in [4.69, 9.17) is 5.11 Å². The van der Waals surface area contributed by atoms with Crippen LogP contribution in [0.5, 0.6) is 0 Å². The molecular formula is C9H17NO3. The lowest BCUT2D eigenvalue weighted by molar-refractivity contribution is -0.140. The second-order valence-electron chi connectivity index (χ2n) is 3.64. The smallest absolute Gasteiger partial charge is 0.304 e. The minimum absolute atomic E-state index is 0.107. The molecule has 0 aromatic rings. The molecule has 0 fully saturated rings. The van der Waals surface area contributed by atoms with E-state index in [1.165, 1.54) is 0 Å². The Labute approximate surface area is 78.3 Å². The average molecular weight is 187 g/mol. The van der Waals surface area contributed by atoms with Crippen molar-refractivity contribution in [2.24, 2.45) is 11.8 Å². The van der Waals surface area contributed by atoms with E-state index in [2.05, 4.69) is 5.32 Å². The van der Waals surface area contributed by atoms with E-state index in [1.54, 1.807) is 6.92 Å². The number of carbonyl (C=O) groups is 2. The number of carboxylic acids is 1. The molecule has 13 heavy (non-hydrogen) atoms. The first-order valence-corrected chi connectivity index (χ1v) is 4.43. The van der Waals surface area contributed by atoms with Crippen molar-refractivity contribution < 1.29 is 14.7 Å². The number of carboxylic acid groups (broad SMARTS) is 1. The van der Waals surface area contributed by atoms with Gasteiger partial charge in [0.1, 0.15) is 0 Å². The van der Waals surface area contributed by atoms with Gasteiger partial charge in [0.05, 0.1) is 6.42 Å². The first-order chi connectivity index (χ1) is 5.93. The van der Waals surface area contributed by atoms with Gasteiger partial charge in [-0.05, 0) is 5.92 Å². The van der Waals surface area contributed by atoms with Crippen LogP contribution in [-0.4, -0.2) is 23.5 Å². The van der Waals surface area contributed by atoms with Crippen LogP contribution in [-0.2, 0) is 9.59 Å². The molecule has 0 saturated heterocycles. The van der Waals surface area contributed by atoms with Gasteiger partial charge in [0.15, 0.2) is 0 Å². The highest BCUT2D eigenvalue weighted by molar-refractivity contribution is 5.82. The minimum atomic E-state index is -0.938. The molecule has 0 spiro atoms. The molecular weight excluding hydrogens is 170 g/mol. The lowest BCUT2D eigenvalue weighted by Gasteiger charge is -2.11. The van der Waals surface area contributed by atoms with Crippen molar-refractivity contribution in [1.82, 2.24) is 5.32 Å². The molecule has 0 aliphatic carbocycles. The molecule has 0 aromatic carbocycles. The SMILES string of the molecule is CC(C)CNC(=O)C(C)CC(=O)O. The highest BCUT2D eigenvalue weighted by atomic mass is 16.4. The predicted octanol–water partition coefficient (Wildman–Crippen LogP) is 0.869. The minimum Gasteiger partial charge on any atom is -0.481 e. The first kappa shape index (κ1) is 11.9. The number of nitrogens with one attached hydrogen (secondary N) is 1. The average Bonchev–Trinajstić information content (AvgIpc) is 1.98. The Hall–Kier alpha value is -1.06. The van der Waals surface area contributed by atoms with Crippen molar-refractivity contribution in [2.45, 2.75) is 27.2 Å². The third-order valence-corrected chi connectivity index (χ3v) is 1.61. The molecule has 1 atom stereocenters. The molecule has 0 heterocycles. The molecule has 0 aliphatic rings. The number of rotatable bonds is 5. The van der Waals surface area contributed by atoms with E-state index in [1.807, 2.05) is 13.8 Å². The zero-order valence-corrected chi connectivity index (χ0v) is 8.33. The van der Waals surface area contributed by atoms with E-state index in [-0.39, 0.29) is 12.3 Å². The Bertz CT molecular complexity index is 189. The largest absolute Gasteiger partial charge is 0.481 e. The fraction of sp³-hybridized carbons (Fsp3) is 0.778. The fourth-order valence-electron chi connectivity index (χ4n) is 0.834. The highest BCUT2D eigenvalue weighted by Gasteiger charge is 2.15. The van der Waals surface area contributed by atoms with E-state index in [9.17, 15) is 9.59 Å². The summed E-state index contributed by atoms with van der Waals surface area (Å²) in [5.74, 6) is -1.18. The summed E-state index contributed by atoms with van der Waals surface area (Å²) in [7, 11) is 0. The summed E-state index contributed by atoms with van der Waals surface area (Å²) in [5, 5.41) is 11.1. The molecule has 2 N–H and O–H groups in total. The predicted molar refractivity (Wildman–Crippen MR) is 49.3 cm³/mol. The van der Waals surface area contributed by atoms with Gasteiger partial charge in [-0.1, -0.05) is 20.8 Å². The molecule has 4 heteroatoms. The van der Waals surface area contributed by atoms with Crippen molar-refractivity contribution in [2.75, 3.05) is 6.54 Å². The maximum absolute atomic E-state index is 11.2. The number of hydrogen-bond acceptors (Lipinski definition) is 2. The molecule has 4 nitrogen and oxygen atoms in total. The molecule has 0 bridgehead atoms. The first-order valence-electron chi connectivity index (χ1n) is 4.43. The summed E-state index contributed by atoms with van der Waals surface area (Å²) in [6.07, 6.45) is -0.107. The van der Waals surface area contributed by atoms with Gasteiger partial charge in [0, 0.05) is 12.5 Å². The van der Waals surface area contributed by atoms with Gasteiger partial charge in [-0.3, -0.25) is 9.59 Å². The van der Waals surface area contributed by atoms with Gasteiger partial charge in [-0.25, -0.2) is 0 Å². The van der Waals surface area contributed by atoms with Crippen LogP contribution in [0.1, 0.15) is 27.2 Å². The van der Waals surface area contributed by atoms with Gasteiger partial charge in [0.25, 0.3) is 0 Å². The lowest BCUT2D eigenvalue weighted by Crippen LogP contribution is -2.33. The number of hydrogen-bond donors (Lipinski definition) is 2. The maximum atomic E-state index is 11.2. The van der Waals surface area contributed by atoms with Crippen LogP contribution >= 0.6 is 0 Å². The van der Waals surface area contributed by atoms with Crippen LogP contribution in [0.3, 0.4) is 0 Å². The monoisotopic (exact) mass is 187 g/mol. The van der Waals surface area contributed by atoms with Crippen LogP contribution in [0.2, 0.25) is 0 Å². The summed E-state index contributed by atoms with van der Waals surface area (Å²) in [6.45, 7) is 6.19. The van der Waals surface area contributed by atoms with Crippen molar-refractivity contribution in [3.8, 4) is 0 Å². The molecule has 1 amide bonds. The van der Waals surface area contributed by atoms with Gasteiger partial charge < -0.3 is 10.4 Å². The van der Waals surface area contributed by atoms with Crippen molar-refractivity contribution >= 4 is 11.9 Å². The summed E-state index contributed by atoms with van der Waals surface area (Å²) < 4.78 is 0. The van der Waals surface area contributed by atoms with E-state index < -0.39 is 11.9 Å². The van der Waals surface area contributed by atoms with Gasteiger partial charge >= 0.3 is 5.97 Å². The second kappa shape index (κ2) is 5.56. The topological polar surface area (TPSA) is 66.4 Å². The highest BCUT2D eigenvalue weighted by Crippen LogP contribution is 2.01. The van der Waals surface area contributed by atoms with Gasteiger partial charge in [0.2, 0.25) is 5.91 Å². The normalized spacial score (nSPS) is 12.6. The Kier molecular flexibility index (Phi) is 5.11. The summed E-state index contributed by atoms with van der Waals surface area (Å²) in [6, 6.07) is 0. The zero-order chi connectivity index (χ0) is 10.4. The van der Waals surface area contributed by atoms with Crippen molar-refractivity contribution in [3.63, 3.8) is 0 Å². The van der Waals surface area contributed by atoms with Crippen LogP contribution < -0.4 is 5.32 Å². The third kappa shape index (κ3) is 6.13. The maximum Gasteiger partial charge on any atom is 0.304 e. The van der Waals surface area contributed by atoms with Crippen molar-refractivity contribution in [3.05, 3.63) is 0 Å². The molecule has 0 saturated carbocycles. The van der Waals surface area contributed by atoms with Crippen LogP contribution in [0.25, 0.3) is 0 Å². The molecule has 0 aliphatic heterocycles. The summed E-state index contributed by atoms with van der Waals surface area (Å²) in [4.78, 5) is 21.5. The molecule has 0 aromatic heterocycles. The third-order valence-electron chi connectivity index (χ3n) is 1.61. The van der Waals surface area contributed by atoms with Crippen LogP contribution in [0.15, 0.2) is 0 Å². The Balaban J connectivity index is 3.76. The zero-order valence-electron chi connectivity index (χ0n) is 8.33. The molecule has 76 valence electrons. The second-order valence-corrected chi connectivity index (χ2v) is 3.64. The summed E-state index contributed by atoms with van der Waals surface area (Å²) in [5.41, 5.74) is 0. The van der Waals surface area contributed by atoms with Crippen molar-refractivity contribution in [1.29, 1.82) is 0 Å². The molecule has 0 radical (unpaired) electrons. The van der Waals surface area contributed by atoms with E-state index >= 15 is 0 Å². The van der Waals surface area contributed by atoms with Gasteiger partial charge in [-0.2, -0.15) is 0 Å². The van der Waals surface area contributed by atoms with Gasteiger partial charge in [-0.15, -0.1) is 0 Å². The Morgan fingerprint density at radius 2 is 1.85 bits per heavy atom. The van der Waals surface area contributed by atoms with E-state index in [0.717, 1.165) is 0 Å². The van der Waals surface area contributed by atoms with Crippen LogP contribution in [0, 0.1) is 11.8 Å². The lowest BCUT2D eigenvalue weighted by atomic mass is 10.1. The number of amides is 1. The van der Waals surface area contributed by atoms with Crippen LogP contribution in [0.4, 0.5) is 0 Å². The summed E-state index contributed by atoms with van der Waals surface area (Å²) >= 11 is 0. The molecule has 1 unspecified atom stereocenters. The fourth-order valence-corrected chi connectivity index (χ4v) is 0.834. The Morgan fingerprint density at radius 3 is 2.23 bits per heavy atom. The quantitative estimate of drug-likeness (QED) is 0.671. The van der Waals surface area contributed by atoms with E-state index in [0.29, 0.717) is 12.5 Å². The molecule has 0 rings (SSSR count). The number of aliphatic carboxylic acids is 1. The standard InChI is InChI=1S/C9H17NO3/c1-6(2)5-10-9(13)7(3)4-8(11)12/h6-7H,4-5H2,1-3H3,(H,10,13)(H,11,12).